The third-order valence-electron chi connectivity index (χ3n) is 4.64. The van der Waals surface area contributed by atoms with E-state index in [1.165, 1.54) is 6.07 Å². The number of para-hydroxylation sites is 2. The monoisotopic (exact) mass is 370 g/mol. The highest BCUT2D eigenvalue weighted by Gasteiger charge is 2.34. The first-order chi connectivity index (χ1) is 13.1. The number of carbonyl (C=O) groups is 2. The Morgan fingerprint density at radius 3 is 2.74 bits per heavy atom. The Balaban J connectivity index is 1.58. The average Bonchev–Trinajstić information content (AvgIpc) is 3.04. The third-order valence-corrected chi connectivity index (χ3v) is 4.64. The summed E-state index contributed by atoms with van der Waals surface area (Å²) >= 11 is 0. The number of ether oxygens (including phenoxy) is 1. The van der Waals surface area contributed by atoms with Gasteiger partial charge in [-0.3, -0.25) is 9.59 Å². The van der Waals surface area contributed by atoms with Gasteiger partial charge in [0.1, 0.15) is 11.6 Å². The Bertz CT molecular complexity index is 825. The number of likely N-dealkylation sites (tertiary alicyclic amines) is 1. The molecule has 1 unspecified atom stereocenters. The zero-order chi connectivity index (χ0) is 19.2. The third kappa shape index (κ3) is 4.64. The van der Waals surface area contributed by atoms with Crippen molar-refractivity contribution in [2.24, 2.45) is 5.92 Å². The second-order valence-electron chi connectivity index (χ2n) is 6.50. The Kier molecular flexibility index (Phi) is 6.06. The van der Waals surface area contributed by atoms with Crippen molar-refractivity contribution in [1.29, 1.82) is 0 Å². The zero-order valence-corrected chi connectivity index (χ0v) is 15.3. The number of carbonyl (C=O) groups excluding carboxylic acids is 2. The molecule has 1 N–H and O–H groups in total. The standard InChI is InChI=1S/C21H23FN2O3/c1-2-27-19-10-6-5-9-18(19)23-21(26)16-13-20(25)24(14-16)12-11-15-7-3-4-8-17(15)22/h3-10,16H,2,11-14H2,1H3,(H,23,26). The predicted octanol–water partition coefficient (Wildman–Crippen LogP) is 3.25. The molecule has 1 atom stereocenters. The molecule has 1 saturated heterocycles. The molecule has 2 aromatic rings. The van der Waals surface area contributed by atoms with Crippen molar-refractivity contribution in [3.63, 3.8) is 0 Å². The smallest absolute Gasteiger partial charge is 0.229 e. The van der Waals surface area contributed by atoms with E-state index < -0.39 is 5.92 Å². The van der Waals surface area contributed by atoms with E-state index in [0.717, 1.165) is 0 Å². The van der Waals surface area contributed by atoms with Crippen LogP contribution in [0.3, 0.4) is 0 Å². The van der Waals surface area contributed by atoms with Crippen LogP contribution in [0.25, 0.3) is 0 Å². The van der Waals surface area contributed by atoms with Crippen LogP contribution in [0.5, 0.6) is 5.75 Å². The Hall–Kier alpha value is -2.89. The van der Waals surface area contributed by atoms with E-state index in [1.807, 2.05) is 19.1 Å². The fraction of sp³-hybridized carbons (Fsp3) is 0.333. The summed E-state index contributed by atoms with van der Waals surface area (Å²) in [4.78, 5) is 26.5. The van der Waals surface area contributed by atoms with Crippen molar-refractivity contribution < 1.29 is 18.7 Å². The molecule has 0 radical (unpaired) electrons. The van der Waals surface area contributed by atoms with Crippen LogP contribution < -0.4 is 10.1 Å². The first kappa shape index (κ1) is 18.9. The summed E-state index contributed by atoms with van der Waals surface area (Å²) in [5.41, 5.74) is 1.17. The van der Waals surface area contributed by atoms with Crippen molar-refractivity contribution in [3.05, 3.63) is 59.9 Å². The van der Waals surface area contributed by atoms with E-state index in [1.54, 1.807) is 35.2 Å². The number of benzene rings is 2. The molecule has 5 nitrogen and oxygen atoms in total. The van der Waals surface area contributed by atoms with Gasteiger partial charge in [0.05, 0.1) is 18.2 Å². The van der Waals surface area contributed by atoms with Crippen LogP contribution in [0.4, 0.5) is 10.1 Å². The minimum absolute atomic E-state index is 0.0791. The molecule has 1 aliphatic rings. The van der Waals surface area contributed by atoms with E-state index in [4.69, 9.17) is 4.74 Å². The number of nitrogens with zero attached hydrogens (tertiary/aromatic N) is 1. The number of halogens is 1. The highest BCUT2D eigenvalue weighted by molar-refractivity contribution is 5.98. The van der Waals surface area contributed by atoms with Crippen LogP contribution in [-0.4, -0.2) is 36.4 Å². The van der Waals surface area contributed by atoms with Gasteiger partial charge in [-0.05, 0) is 37.1 Å². The van der Waals surface area contributed by atoms with Crippen molar-refractivity contribution in [3.8, 4) is 5.75 Å². The molecule has 1 aliphatic heterocycles. The number of rotatable bonds is 7. The maximum Gasteiger partial charge on any atom is 0.229 e. The summed E-state index contributed by atoms with van der Waals surface area (Å²) in [5, 5.41) is 2.86. The van der Waals surface area contributed by atoms with Crippen LogP contribution in [0.2, 0.25) is 0 Å². The molecular formula is C21H23FN2O3. The zero-order valence-electron chi connectivity index (χ0n) is 15.3. The fourth-order valence-electron chi connectivity index (χ4n) is 3.21. The lowest BCUT2D eigenvalue weighted by Crippen LogP contribution is -2.30. The van der Waals surface area contributed by atoms with Gasteiger partial charge in [0.25, 0.3) is 0 Å². The Morgan fingerprint density at radius 2 is 1.96 bits per heavy atom. The number of anilines is 1. The van der Waals surface area contributed by atoms with Gasteiger partial charge in [-0.25, -0.2) is 4.39 Å². The molecule has 3 rings (SSSR count). The van der Waals surface area contributed by atoms with Crippen LogP contribution in [0.15, 0.2) is 48.5 Å². The lowest BCUT2D eigenvalue weighted by Gasteiger charge is -2.17. The van der Waals surface area contributed by atoms with Gasteiger partial charge in [0, 0.05) is 19.5 Å². The number of hydrogen-bond acceptors (Lipinski definition) is 3. The molecule has 27 heavy (non-hydrogen) atoms. The largest absolute Gasteiger partial charge is 0.492 e. The number of hydrogen-bond donors (Lipinski definition) is 1. The first-order valence-electron chi connectivity index (χ1n) is 9.12. The minimum Gasteiger partial charge on any atom is -0.492 e. The maximum absolute atomic E-state index is 13.7. The second-order valence-corrected chi connectivity index (χ2v) is 6.50. The quantitative estimate of drug-likeness (QED) is 0.814. The van der Waals surface area contributed by atoms with Crippen LogP contribution in [0, 0.1) is 11.7 Å². The van der Waals surface area contributed by atoms with E-state index in [-0.39, 0.29) is 24.1 Å². The molecule has 0 aromatic heterocycles. The summed E-state index contributed by atoms with van der Waals surface area (Å²) in [5.74, 6) is -0.374. The molecule has 1 heterocycles. The first-order valence-corrected chi connectivity index (χ1v) is 9.12. The summed E-state index contributed by atoms with van der Waals surface area (Å²) in [7, 11) is 0. The summed E-state index contributed by atoms with van der Waals surface area (Å²) in [6, 6.07) is 13.8. The molecule has 142 valence electrons. The van der Waals surface area contributed by atoms with Crippen molar-refractivity contribution in [2.45, 2.75) is 19.8 Å². The fourth-order valence-corrected chi connectivity index (χ4v) is 3.21. The Morgan fingerprint density at radius 1 is 1.22 bits per heavy atom. The molecule has 0 aliphatic carbocycles. The van der Waals surface area contributed by atoms with Gasteiger partial charge in [-0.1, -0.05) is 30.3 Å². The van der Waals surface area contributed by atoms with Gasteiger partial charge in [-0.2, -0.15) is 0 Å². The summed E-state index contributed by atoms with van der Waals surface area (Å²) in [6.45, 7) is 3.12. The molecule has 2 amide bonds. The predicted molar refractivity (Wildman–Crippen MR) is 101 cm³/mol. The number of nitrogens with one attached hydrogen (secondary N) is 1. The summed E-state index contributed by atoms with van der Waals surface area (Å²) in [6.07, 6.45) is 0.597. The molecular weight excluding hydrogens is 347 g/mol. The highest BCUT2D eigenvalue weighted by atomic mass is 19.1. The van der Waals surface area contributed by atoms with E-state index in [9.17, 15) is 14.0 Å². The average molecular weight is 370 g/mol. The molecule has 1 fully saturated rings. The lowest BCUT2D eigenvalue weighted by atomic mass is 10.1. The van der Waals surface area contributed by atoms with Crippen LogP contribution >= 0.6 is 0 Å². The van der Waals surface area contributed by atoms with Gasteiger partial charge < -0.3 is 15.0 Å². The Labute approximate surface area is 158 Å². The minimum atomic E-state index is -0.423. The maximum atomic E-state index is 13.7. The highest BCUT2D eigenvalue weighted by Crippen LogP contribution is 2.26. The van der Waals surface area contributed by atoms with Gasteiger partial charge in [-0.15, -0.1) is 0 Å². The van der Waals surface area contributed by atoms with Crippen molar-refractivity contribution in [1.82, 2.24) is 4.90 Å². The normalized spacial score (nSPS) is 16.4. The molecule has 0 bridgehead atoms. The molecule has 6 heteroatoms. The van der Waals surface area contributed by atoms with Crippen molar-refractivity contribution >= 4 is 17.5 Å². The van der Waals surface area contributed by atoms with Crippen LogP contribution in [0.1, 0.15) is 18.9 Å². The SMILES string of the molecule is CCOc1ccccc1NC(=O)C1CC(=O)N(CCc2ccccc2F)C1. The lowest BCUT2D eigenvalue weighted by molar-refractivity contribution is -0.128. The van der Waals surface area contributed by atoms with Crippen molar-refractivity contribution in [2.75, 3.05) is 25.0 Å². The molecule has 2 aromatic carbocycles. The van der Waals surface area contributed by atoms with Crippen LogP contribution in [-0.2, 0) is 16.0 Å². The molecule has 0 saturated carbocycles. The molecule has 0 spiro atoms. The van der Waals surface area contributed by atoms with E-state index in [0.29, 0.717) is 43.1 Å². The van der Waals surface area contributed by atoms with E-state index >= 15 is 0 Å². The number of amides is 2. The summed E-state index contributed by atoms with van der Waals surface area (Å²) < 4.78 is 19.2. The van der Waals surface area contributed by atoms with E-state index in [2.05, 4.69) is 5.32 Å². The van der Waals surface area contributed by atoms with Gasteiger partial charge in [0.15, 0.2) is 0 Å². The van der Waals surface area contributed by atoms with Gasteiger partial charge in [0.2, 0.25) is 11.8 Å². The second kappa shape index (κ2) is 8.66. The van der Waals surface area contributed by atoms with Gasteiger partial charge >= 0.3 is 0 Å². The topological polar surface area (TPSA) is 58.6 Å².